The zero-order chi connectivity index (χ0) is 37.0. The molecule has 0 aliphatic carbocycles. The van der Waals surface area contributed by atoms with Crippen LogP contribution in [0.15, 0.2) is 84.9 Å². The van der Waals surface area contributed by atoms with Gasteiger partial charge in [0.25, 0.3) is 0 Å². The molecule has 4 rings (SSSR count). The minimum absolute atomic E-state index is 0.158. The number of hydrogen-bond donors (Lipinski definition) is 0. The molecule has 0 fully saturated rings. The fourth-order valence-electron chi connectivity index (χ4n) is 7.11. The largest absolute Gasteiger partial charge is 0.493 e. The highest BCUT2D eigenvalue weighted by molar-refractivity contribution is 6.55. The highest BCUT2D eigenvalue weighted by Crippen LogP contribution is 2.41. The van der Waals surface area contributed by atoms with Crippen molar-refractivity contribution in [3.8, 4) is 34.5 Å². The lowest BCUT2D eigenvalue weighted by atomic mass is 9.69. The van der Waals surface area contributed by atoms with Crippen LogP contribution in [0.25, 0.3) is 0 Å². The number of methoxy groups -OCH3 is 6. The van der Waals surface area contributed by atoms with Crippen LogP contribution in [0.4, 0.5) is 0 Å². The van der Waals surface area contributed by atoms with E-state index in [1.807, 2.05) is 18.2 Å². The van der Waals surface area contributed by atoms with E-state index < -0.39 is 0 Å². The molecule has 0 spiro atoms. The quantitative estimate of drug-likeness (QED) is 0.0509. The maximum Gasteiger partial charge on any atom is 0.160 e. The first-order valence-corrected chi connectivity index (χ1v) is 22.1. The van der Waals surface area contributed by atoms with Gasteiger partial charge in [-0.1, -0.05) is 123 Å². The minimum atomic E-state index is 0.158. The summed E-state index contributed by atoms with van der Waals surface area (Å²) < 4.78 is 33.9. The molecule has 0 saturated carbocycles. The van der Waals surface area contributed by atoms with Crippen LogP contribution in [-0.4, -0.2) is 71.2 Å². The van der Waals surface area contributed by atoms with Gasteiger partial charge in [-0.05, 0) is 64.0 Å². The minimum Gasteiger partial charge on any atom is -0.493 e. The molecule has 0 amide bonds. The van der Waals surface area contributed by atoms with Crippen molar-refractivity contribution in [2.45, 2.75) is 81.3 Å². The van der Waals surface area contributed by atoms with E-state index in [-0.39, 0.29) is 5.41 Å². The predicted octanol–water partition coefficient (Wildman–Crippen LogP) is 7.83. The van der Waals surface area contributed by atoms with Crippen LogP contribution in [0.2, 0.25) is 18.1 Å². The molecule has 0 aliphatic heterocycles. The molecule has 0 heterocycles. The normalized spacial score (nSPS) is 11.3. The number of benzene rings is 4. The SMILES string of the molecule is COc1cccc([Si]CCCCC(CCCC[Si]c2cccc(OC)c2OC)(CCCC[Si]c2cccc(OC)c2OC)c2ccccc2)c1OC. The lowest BCUT2D eigenvalue weighted by Crippen LogP contribution is -2.27. The molecule has 6 nitrogen and oxygen atoms in total. The van der Waals surface area contributed by atoms with E-state index in [0.29, 0.717) is 28.6 Å². The van der Waals surface area contributed by atoms with Gasteiger partial charge in [0.1, 0.15) is 0 Å². The Morgan fingerprint density at radius 1 is 0.385 bits per heavy atom. The van der Waals surface area contributed by atoms with Crippen molar-refractivity contribution in [2.24, 2.45) is 0 Å². The first-order valence-electron chi connectivity index (χ1n) is 18.4. The third-order valence-electron chi connectivity index (χ3n) is 9.79. The van der Waals surface area contributed by atoms with Crippen LogP contribution >= 0.6 is 0 Å². The molecular weight excluding hydrogens is 697 g/mol. The Kier molecular flexibility index (Phi) is 17.7. The highest BCUT2D eigenvalue weighted by Gasteiger charge is 2.31. The smallest absolute Gasteiger partial charge is 0.160 e. The second kappa shape index (κ2) is 22.4. The van der Waals surface area contributed by atoms with Crippen molar-refractivity contribution in [2.75, 3.05) is 42.7 Å². The summed E-state index contributed by atoms with van der Waals surface area (Å²) in [5, 5.41) is 3.74. The van der Waals surface area contributed by atoms with Crippen molar-refractivity contribution in [1.82, 2.24) is 0 Å². The van der Waals surface area contributed by atoms with E-state index in [1.165, 1.54) is 78.9 Å². The van der Waals surface area contributed by atoms with Crippen LogP contribution in [0.3, 0.4) is 0 Å². The Labute approximate surface area is 320 Å². The summed E-state index contributed by atoms with van der Waals surface area (Å²) in [5.41, 5.74) is 1.66. The maximum atomic E-state index is 5.73. The molecule has 52 heavy (non-hydrogen) atoms. The van der Waals surface area contributed by atoms with E-state index in [9.17, 15) is 0 Å². The van der Waals surface area contributed by atoms with Gasteiger partial charge >= 0.3 is 0 Å². The Morgan fingerprint density at radius 2 is 0.731 bits per heavy atom. The van der Waals surface area contributed by atoms with Crippen LogP contribution < -0.4 is 44.0 Å². The summed E-state index contributed by atoms with van der Waals surface area (Å²) >= 11 is 0. The van der Waals surface area contributed by atoms with Gasteiger partial charge in [0, 0.05) is 0 Å². The number of para-hydroxylation sites is 3. The Bertz CT molecular complexity index is 1460. The summed E-state index contributed by atoms with van der Waals surface area (Å²) in [7, 11) is 12.4. The van der Waals surface area contributed by atoms with Crippen molar-refractivity contribution < 1.29 is 28.4 Å². The van der Waals surface area contributed by atoms with Crippen molar-refractivity contribution >= 4 is 44.1 Å². The molecule has 0 bridgehead atoms. The molecular formula is C43H56O6Si3. The highest BCUT2D eigenvalue weighted by atomic mass is 28.2. The van der Waals surface area contributed by atoms with Gasteiger partial charge in [-0.3, -0.25) is 0 Å². The first-order chi connectivity index (χ1) is 25.5. The lowest BCUT2D eigenvalue weighted by molar-refractivity contribution is 0.309. The van der Waals surface area contributed by atoms with E-state index in [0.717, 1.165) is 52.6 Å². The number of ether oxygens (including phenoxy) is 6. The molecule has 0 aromatic heterocycles. The standard InChI is InChI=1S/C43H56O6Si3/c1-44-34-21-16-24-37(40(34)47-4)50-30-13-10-27-43(33-19-8-7-9-20-33,28-11-14-31-51-38-25-17-22-35(45-2)41(38)48-5)29-12-15-32-52-39-26-18-23-36(46-3)42(39)49-6/h7-9,16-26H,10-15,27-32H2,1-6H3. The van der Waals surface area contributed by atoms with Gasteiger partial charge in [-0.25, -0.2) is 0 Å². The summed E-state index contributed by atoms with van der Waals surface area (Å²) in [4.78, 5) is 0. The molecule has 0 aliphatic rings. The summed E-state index contributed by atoms with van der Waals surface area (Å²) in [5.74, 6) is 5.06. The molecule has 4 aromatic carbocycles. The maximum absolute atomic E-state index is 5.73. The third kappa shape index (κ3) is 11.4. The average molecular weight is 753 g/mol. The summed E-state index contributed by atoms with van der Waals surface area (Å²) in [6.45, 7) is 0. The third-order valence-corrected chi connectivity index (χ3v) is 13.9. The molecule has 0 unspecified atom stereocenters. The molecule has 9 heteroatoms. The van der Waals surface area contributed by atoms with Gasteiger partial charge < -0.3 is 28.4 Å². The lowest BCUT2D eigenvalue weighted by Gasteiger charge is -2.35. The molecule has 6 radical (unpaired) electrons. The molecule has 0 N–H and O–H groups in total. The topological polar surface area (TPSA) is 55.4 Å². The number of hydrogen-bond acceptors (Lipinski definition) is 6. The zero-order valence-electron chi connectivity index (χ0n) is 32.0. The fourth-order valence-corrected chi connectivity index (χ4v) is 11.0. The number of rotatable bonds is 25. The first kappa shape index (κ1) is 41.1. The van der Waals surface area contributed by atoms with Gasteiger partial charge in [0.05, 0.1) is 71.2 Å². The van der Waals surface area contributed by atoms with E-state index in [2.05, 4.69) is 66.7 Å². The Balaban J connectivity index is 1.43. The monoisotopic (exact) mass is 752 g/mol. The summed E-state index contributed by atoms with van der Waals surface area (Å²) in [6, 6.07) is 33.5. The van der Waals surface area contributed by atoms with Crippen LogP contribution in [0.5, 0.6) is 34.5 Å². The molecule has 0 saturated heterocycles. The van der Waals surface area contributed by atoms with Gasteiger partial charge in [0.15, 0.2) is 34.5 Å². The van der Waals surface area contributed by atoms with Crippen molar-refractivity contribution in [3.05, 3.63) is 90.5 Å². The molecule has 276 valence electrons. The van der Waals surface area contributed by atoms with Gasteiger partial charge in [-0.15, -0.1) is 0 Å². The Morgan fingerprint density at radius 3 is 1.04 bits per heavy atom. The van der Waals surface area contributed by atoms with E-state index in [1.54, 1.807) is 42.7 Å². The van der Waals surface area contributed by atoms with Crippen molar-refractivity contribution in [3.63, 3.8) is 0 Å². The van der Waals surface area contributed by atoms with E-state index >= 15 is 0 Å². The van der Waals surface area contributed by atoms with Crippen molar-refractivity contribution in [1.29, 1.82) is 0 Å². The zero-order valence-corrected chi connectivity index (χ0v) is 35.0. The van der Waals surface area contributed by atoms with Crippen LogP contribution in [-0.2, 0) is 5.41 Å². The molecule has 4 aromatic rings. The summed E-state index contributed by atoms with van der Waals surface area (Å²) in [6.07, 6.45) is 10.8. The van der Waals surface area contributed by atoms with E-state index in [4.69, 9.17) is 28.4 Å². The van der Waals surface area contributed by atoms with Gasteiger partial charge in [-0.2, -0.15) is 0 Å². The Hall–Kier alpha value is -3.67. The fraction of sp³-hybridized carbons (Fsp3) is 0.442. The number of unbranched alkanes of at least 4 members (excludes halogenated alkanes) is 3. The second-order valence-electron chi connectivity index (χ2n) is 12.9. The average Bonchev–Trinajstić information content (AvgIpc) is 3.19. The van der Waals surface area contributed by atoms with Gasteiger partial charge in [0.2, 0.25) is 0 Å². The predicted molar refractivity (Wildman–Crippen MR) is 219 cm³/mol. The van der Waals surface area contributed by atoms with Crippen LogP contribution in [0, 0.1) is 0 Å². The molecule has 0 atom stereocenters. The van der Waals surface area contributed by atoms with Crippen LogP contribution in [0.1, 0.15) is 63.4 Å². The second-order valence-corrected chi connectivity index (χ2v) is 17.1.